The molecule has 2 rings (SSSR count). The number of hydrogen-bond donors (Lipinski definition) is 2. The van der Waals surface area contributed by atoms with E-state index in [1.165, 1.54) is 38.8 Å². The van der Waals surface area contributed by atoms with Gasteiger partial charge in [-0.25, -0.2) is 0 Å². The van der Waals surface area contributed by atoms with Crippen LogP contribution in [0.15, 0.2) is 52.3 Å². The number of unbranched alkanes of at least 4 members (excludes halogenated alkanes) is 2. The van der Waals surface area contributed by atoms with E-state index >= 15 is 0 Å². The molecule has 148 valence electrons. The summed E-state index contributed by atoms with van der Waals surface area (Å²) in [6.45, 7) is 8.54. The molecule has 0 aliphatic rings. The number of nitrogens with zero attached hydrogens (tertiary/aromatic N) is 1. The second-order valence-corrected chi connectivity index (χ2v) is 7.91. The van der Waals surface area contributed by atoms with Crippen LogP contribution in [0.25, 0.3) is 0 Å². The summed E-state index contributed by atoms with van der Waals surface area (Å²) in [5.41, 5.74) is 12.9. The highest BCUT2D eigenvalue weighted by atomic mass is 32.2. The SMILES string of the molecule is CCCCN(CCCC)CCOc1ccc(Sc2ccc(N)c(N)c2)cc1. The molecule has 0 amide bonds. The third kappa shape index (κ3) is 7.73. The van der Waals surface area contributed by atoms with Crippen LogP contribution in [0.3, 0.4) is 0 Å². The maximum Gasteiger partial charge on any atom is 0.119 e. The molecule has 0 fully saturated rings. The van der Waals surface area contributed by atoms with Crippen LogP contribution < -0.4 is 16.2 Å². The maximum atomic E-state index is 5.95. The van der Waals surface area contributed by atoms with Gasteiger partial charge < -0.3 is 16.2 Å². The molecule has 0 unspecified atom stereocenters. The summed E-state index contributed by atoms with van der Waals surface area (Å²) in [4.78, 5) is 4.75. The minimum absolute atomic E-state index is 0.620. The standard InChI is InChI=1S/C22H33N3OS/c1-3-5-13-25(14-6-4-2)15-16-26-18-7-9-19(10-8-18)27-20-11-12-21(23)22(24)17-20/h7-12,17H,3-6,13-16,23-24H2,1-2H3. The topological polar surface area (TPSA) is 64.5 Å². The number of nitrogens with two attached hydrogens (primary N) is 2. The number of benzene rings is 2. The third-order valence-corrected chi connectivity index (χ3v) is 5.45. The Labute approximate surface area is 168 Å². The Bertz CT molecular complexity index is 668. The second kappa shape index (κ2) is 11.8. The number of nitrogen functional groups attached to an aromatic ring is 2. The first-order valence-corrected chi connectivity index (χ1v) is 10.7. The van der Waals surface area contributed by atoms with Crippen LogP contribution in [0, 0.1) is 0 Å². The van der Waals surface area contributed by atoms with Gasteiger partial charge in [0.1, 0.15) is 12.4 Å². The van der Waals surface area contributed by atoms with Gasteiger partial charge in [0.15, 0.2) is 0 Å². The van der Waals surface area contributed by atoms with Crippen molar-refractivity contribution in [2.45, 2.75) is 49.3 Å². The average Bonchev–Trinajstić information content (AvgIpc) is 2.68. The van der Waals surface area contributed by atoms with Crippen molar-refractivity contribution in [2.75, 3.05) is 37.7 Å². The predicted molar refractivity (Wildman–Crippen MR) is 118 cm³/mol. The Hall–Kier alpha value is -1.85. The molecular weight excluding hydrogens is 354 g/mol. The van der Waals surface area contributed by atoms with E-state index in [0.717, 1.165) is 28.7 Å². The van der Waals surface area contributed by atoms with Gasteiger partial charge in [-0.3, -0.25) is 4.90 Å². The number of hydrogen-bond acceptors (Lipinski definition) is 5. The van der Waals surface area contributed by atoms with E-state index < -0.39 is 0 Å². The molecule has 5 heteroatoms. The minimum Gasteiger partial charge on any atom is -0.492 e. The molecular formula is C22H33N3OS. The van der Waals surface area contributed by atoms with E-state index in [9.17, 15) is 0 Å². The lowest BCUT2D eigenvalue weighted by molar-refractivity contribution is 0.204. The summed E-state index contributed by atoms with van der Waals surface area (Å²) in [7, 11) is 0. The van der Waals surface area contributed by atoms with Crippen molar-refractivity contribution in [1.29, 1.82) is 0 Å². The molecule has 0 aliphatic carbocycles. The molecule has 0 heterocycles. The highest BCUT2D eigenvalue weighted by Gasteiger charge is 2.05. The fourth-order valence-corrected chi connectivity index (χ4v) is 3.61. The third-order valence-electron chi connectivity index (χ3n) is 4.45. The van der Waals surface area contributed by atoms with E-state index in [-0.39, 0.29) is 0 Å². The Morgan fingerprint density at radius 2 is 1.44 bits per heavy atom. The van der Waals surface area contributed by atoms with E-state index in [2.05, 4.69) is 30.9 Å². The van der Waals surface area contributed by atoms with Gasteiger partial charge >= 0.3 is 0 Å². The lowest BCUT2D eigenvalue weighted by Gasteiger charge is -2.22. The summed E-state index contributed by atoms with van der Waals surface area (Å²) < 4.78 is 5.95. The fourth-order valence-electron chi connectivity index (χ4n) is 2.75. The summed E-state index contributed by atoms with van der Waals surface area (Å²) in [6, 6.07) is 14.0. The quantitative estimate of drug-likeness (QED) is 0.485. The van der Waals surface area contributed by atoms with E-state index in [4.69, 9.17) is 16.2 Å². The average molecular weight is 388 g/mol. The second-order valence-electron chi connectivity index (χ2n) is 6.76. The van der Waals surface area contributed by atoms with Crippen molar-refractivity contribution < 1.29 is 4.74 Å². The van der Waals surface area contributed by atoms with Crippen molar-refractivity contribution in [3.05, 3.63) is 42.5 Å². The predicted octanol–water partition coefficient (Wildman–Crippen LogP) is 5.28. The van der Waals surface area contributed by atoms with Crippen LogP contribution in [0.4, 0.5) is 11.4 Å². The zero-order chi connectivity index (χ0) is 19.5. The Balaban J connectivity index is 1.81. The number of anilines is 2. The normalized spacial score (nSPS) is 11.1. The molecule has 0 bridgehead atoms. The largest absolute Gasteiger partial charge is 0.492 e. The first-order chi connectivity index (χ1) is 13.1. The van der Waals surface area contributed by atoms with Gasteiger partial charge in [-0.05, 0) is 68.4 Å². The van der Waals surface area contributed by atoms with E-state index in [0.29, 0.717) is 11.4 Å². The molecule has 27 heavy (non-hydrogen) atoms. The molecule has 0 atom stereocenters. The van der Waals surface area contributed by atoms with Crippen LogP contribution in [-0.4, -0.2) is 31.1 Å². The van der Waals surface area contributed by atoms with Gasteiger partial charge in [-0.1, -0.05) is 38.5 Å². The van der Waals surface area contributed by atoms with Crippen LogP contribution in [0.5, 0.6) is 5.75 Å². The van der Waals surface area contributed by atoms with Crippen LogP contribution >= 0.6 is 11.8 Å². The molecule has 0 aromatic heterocycles. The summed E-state index contributed by atoms with van der Waals surface area (Å²) in [5.74, 6) is 0.919. The van der Waals surface area contributed by atoms with Gasteiger partial charge in [0.2, 0.25) is 0 Å². The molecule has 0 spiro atoms. The van der Waals surface area contributed by atoms with E-state index in [1.807, 2.05) is 30.3 Å². The van der Waals surface area contributed by atoms with Crippen LogP contribution in [0.1, 0.15) is 39.5 Å². The molecule has 0 saturated heterocycles. The highest BCUT2D eigenvalue weighted by Crippen LogP contribution is 2.31. The van der Waals surface area contributed by atoms with Crippen molar-refractivity contribution in [3.8, 4) is 5.75 Å². The lowest BCUT2D eigenvalue weighted by atomic mass is 10.2. The molecule has 4 nitrogen and oxygen atoms in total. The Morgan fingerprint density at radius 3 is 2.04 bits per heavy atom. The maximum absolute atomic E-state index is 5.95. The summed E-state index contributed by atoms with van der Waals surface area (Å²) >= 11 is 1.67. The first-order valence-electron chi connectivity index (χ1n) is 9.90. The first kappa shape index (κ1) is 21.5. The lowest BCUT2D eigenvalue weighted by Crippen LogP contribution is -2.30. The molecule has 0 saturated carbocycles. The van der Waals surface area contributed by atoms with E-state index in [1.54, 1.807) is 11.8 Å². The molecule has 2 aromatic carbocycles. The summed E-state index contributed by atoms with van der Waals surface area (Å²) in [6.07, 6.45) is 4.99. The zero-order valence-corrected chi connectivity index (χ0v) is 17.4. The van der Waals surface area contributed by atoms with Crippen molar-refractivity contribution in [3.63, 3.8) is 0 Å². The van der Waals surface area contributed by atoms with Crippen LogP contribution in [0.2, 0.25) is 0 Å². The minimum atomic E-state index is 0.620. The smallest absolute Gasteiger partial charge is 0.119 e. The van der Waals surface area contributed by atoms with Gasteiger partial charge in [-0.15, -0.1) is 0 Å². The molecule has 0 aliphatic heterocycles. The Morgan fingerprint density at radius 1 is 0.815 bits per heavy atom. The van der Waals surface area contributed by atoms with Crippen molar-refractivity contribution in [1.82, 2.24) is 4.90 Å². The monoisotopic (exact) mass is 387 g/mol. The Kier molecular flexibility index (Phi) is 9.36. The molecule has 2 aromatic rings. The number of ether oxygens (including phenoxy) is 1. The molecule has 4 N–H and O–H groups in total. The zero-order valence-electron chi connectivity index (χ0n) is 16.6. The van der Waals surface area contributed by atoms with Gasteiger partial charge in [-0.2, -0.15) is 0 Å². The van der Waals surface area contributed by atoms with Crippen LogP contribution in [-0.2, 0) is 0 Å². The highest BCUT2D eigenvalue weighted by molar-refractivity contribution is 7.99. The van der Waals surface area contributed by atoms with Gasteiger partial charge in [0.25, 0.3) is 0 Å². The summed E-state index contributed by atoms with van der Waals surface area (Å²) in [5, 5.41) is 0. The van der Waals surface area contributed by atoms with Crippen molar-refractivity contribution >= 4 is 23.1 Å². The molecule has 0 radical (unpaired) electrons. The van der Waals surface area contributed by atoms with Crippen molar-refractivity contribution in [2.24, 2.45) is 0 Å². The number of rotatable bonds is 12. The van der Waals surface area contributed by atoms with Gasteiger partial charge in [0, 0.05) is 16.3 Å². The van der Waals surface area contributed by atoms with Gasteiger partial charge in [0.05, 0.1) is 11.4 Å². The fraction of sp³-hybridized carbons (Fsp3) is 0.455.